The Labute approximate surface area is 183 Å². The second-order valence-corrected chi connectivity index (χ2v) is 11.6. The van der Waals surface area contributed by atoms with Gasteiger partial charge in [0.1, 0.15) is 0 Å². The maximum absolute atomic E-state index is 10.2. The van der Waals surface area contributed by atoms with Crippen molar-refractivity contribution in [1.29, 1.82) is 0 Å². The van der Waals surface area contributed by atoms with Gasteiger partial charge in [-0.15, -0.1) is 0 Å². The third kappa shape index (κ3) is 3.70. The zero-order valence-electron chi connectivity index (χ0n) is 19.8. The molecular weight excluding hydrogens is 376 g/mol. The average molecular weight is 421 g/mol. The van der Waals surface area contributed by atoms with E-state index in [4.69, 9.17) is 14.6 Å². The summed E-state index contributed by atoms with van der Waals surface area (Å²) in [5.41, 5.74) is 2.27. The molecule has 5 rings (SSSR count). The topological polar surface area (TPSA) is 58.9 Å². The highest BCUT2D eigenvalue weighted by Gasteiger charge is 2.62. The van der Waals surface area contributed by atoms with Gasteiger partial charge in [0, 0.05) is 12.0 Å². The SMILES string of the molecule is CC(C)O.CC1(C2CCC3C4CC=C5CC(O)CCC5(C)C4CCC32C)OCCO1. The quantitative estimate of drug-likeness (QED) is 0.581. The van der Waals surface area contributed by atoms with Gasteiger partial charge >= 0.3 is 0 Å². The number of rotatable bonds is 1. The van der Waals surface area contributed by atoms with Gasteiger partial charge in [-0.2, -0.15) is 0 Å². The first-order chi connectivity index (χ1) is 14.1. The lowest BCUT2D eigenvalue weighted by molar-refractivity contribution is -0.214. The van der Waals surface area contributed by atoms with Crippen molar-refractivity contribution < 1.29 is 19.7 Å². The van der Waals surface area contributed by atoms with E-state index in [0.29, 0.717) is 16.7 Å². The lowest BCUT2D eigenvalue weighted by Crippen LogP contribution is -2.53. The molecule has 0 amide bonds. The van der Waals surface area contributed by atoms with Crippen LogP contribution in [0.15, 0.2) is 11.6 Å². The molecule has 172 valence electrons. The summed E-state index contributed by atoms with van der Waals surface area (Å²) in [7, 11) is 0. The Morgan fingerprint density at radius 2 is 1.63 bits per heavy atom. The molecule has 3 saturated carbocycles. The summed E-state index contributed by atoms with van der Waals surface area (Å²) < 4.78 is 12.3. The molecule has 0 spiro atoms. The molecule has 7 unspecified atom stereocenters. The molecule has 7 atom stereocenters. The Morgan fingerprint density at radius 1 is 0.967 bits per heavy atom. The molecular formula is C26H44O4. The molecule has 30 heavy (non-hydrogen) atoms. The van der Waals surface area contributed by atoms with E-state index in [1.54, 1.807) is 19.4 Å². The van der Waals surface area contributed by atoms with E-state index in [2.05, 4.69) is 26.8 Å². The van der Waals surface area contributed by atoms with Gasteiger partial charge in [-0.25, -0.2) is 0 Å². The van der Waals surface area contributed by atoms with Gasteiger partial charge in [0.25, 0.3) is 0 Å². The number of allylic oxidation sites excluding steroid dienone is 1. The molecule has 0 aromatic heterocycles. The Bertz CT molecular complexity index is 649. The fourth-order valence-electron chi connectivity index (χ4n) is 8.23. The summed E-state index contributed by atoms with van der Waals surface area (Å²) >= 11 is 0. The minimum Gasteiger partial charge on any atom is -0.394 e. The summed E-state index contributed by atoms with van der Waals surface area (Å²) in [5, 5.41) is 18.2. The highest BCUT2D eigenvalue weighted by atomic mass is 16.7. The zero-order chi connectivity index (χ0) is 21.7. The number of aliphatic hydroxyl groups excluding tert-OH is 2. The highest BCUT2D eigenvalue weighted by Crippen LogP contribution is 2.68. The minimum absolute atomic E-state index is 0.104. The molecule has 0 aromatic carbocycles. The maximum Gasteiger partial charge on any atom is 0.169 e. The van der Waals surface area contributed by atoms with Crippen LogP contribution in [0, 0.1) is 34.5 Å². The van der Waals surface area contributed by atoms with Gasteiger partial charge in [0.2, 0.25) is 0 Å². The number of aliphatic hydroxyl groups is 2. The van der Waals surface area contributed by atoms with Crippen LogP contribution < -0.4 is 0 Å². The van der Waals surface area contributed by atoms with Crippen LogP contribution in [0.5, 0.6) is 0 Å². The van der Waals surface area contributed by atoms with Crippen LogP contribution in [-0.2, 0) is 9.47 Å². The third-order valence-corrected chi connectivity index (χ3v) is 9.57. The molecule has 4 fully saturated rings. The molecule has 4 aliphatic carbocycles. The van der Waals surface area contributed by atoms with Crippen molar-refractivity contribution in [3.8, 4) is 0 Å². The van der Waals surface area contributed by atoms with E-state index in [-0.39, 0.29) is 18.0 Å². The molecule has 1 saturated heterocycles. The van der Waals surface area contributed by atoms with Gasteiger partial charge in [-0.3, -0.25) is 0 Å². The lowest BCUT2D eigenvalue weighted by atomic mass is 9.47. The first kappa shape index (κ1) is 22.8. The van der Waals surface area contributed by atoms with Gasteiger partial charge in [-0.05, 0) is 101 Å². The molecule has 1 aliphatic heterocycles. The maximum atomic E-state index is 10.2. The van der Waals surface area contributed by atoms with Crippen molar-refractivity contribution in [3.63, 3.8) is 0 Å². The van der Waals surface area contributed by atoms with Crippen LogP contribution in [0.3, 0.4) is 0 Å². The predicted octanol–water partition coefficient (Wildman–Crippen LogP) is 5.08. The number of fused-ring (bicyclic) bond motifs is 5. The van der Waals surface area contributed by atoms with Crippen LogP contribution in [0.25, 0.3) is 0 Å². The van der Waals surface area contributed by atoms with Gasteiger partial charge in [0.05, 0.1) is 19.3 Å². The van der Waals surface area contributed by atoms with Crippen molar-refractivity contribution in [3.05, 3.63) is 11.6 Å². The number of hydrogen-bond acceptors (Lipinski definition) is 4. The molecule has 5 aliphatic rings. The fourth-order valence-corrected chi connectivity index (χ4v) is 8.23. The first-order valence-corrected chi connectivity index (χ1v) is 12.4. The van der Waals surface area contributed by atoms with E-state index < -0.39 is 0 Å². The van der Waals surface area contributed by atoms with E-state index in [9.17, 15) is 5.11 Å². The predicted molar refractivity (Wildman–Crippen MR) is 119 cm³/mol. The van der Waals surface area contributed by atoms with Crippen molar-refractivity contribution >= 4 is 0 Å². The molecule has 4 heteroatoms. The molecule has 0 radical (unpaired) electrons. The lowest BCUT2D eigenvalue weighted by Gasteiger charge is -2.58. The third-order valence-electron chi connectivity index (χ3n) is 9.57. The summed E-state index contributed by atoms with van der Waals surface area (Å²) in [4.78, 5) is 0. The Kier molecular flexibility index (Phi) is 6.20. The Hall–Kier alpha value is -0.420. The molecule has 1 heterocycles. The second kappa shape index (κ2) is 8.17. The van der Waals surface area contributed by atoms with Gasteiger partial charge < -0.3 is 19.7 Å². The fraction of sp³-hybridized carbons (Fsp3) is 0.923. The van der Waals surface area contributed by atoms with Crippen LogP contribution in [-0.4, -0.2) is 41.4 Å². The van der Waals surface area contributed by atoms with Crippen molar-refractivity contribution in [2.24, 2.45) is 34.5 Å². The van der Waals surface area contributed by atoms with Gasteiger partial charge in [-0.1, -0.05) is 25.5 Å². The van der Waals surface area contributed by atoms with E-state index in [0.717, 1.165) is 43.8 Å². The second-order valence-electron chi connectivity index (χ2n) is 11.6. The Morgan fingerprint density at radius 3 is 2.30 bits per heavy atom. The summed E-state index contributed by atoms with van der Waals surface area (Å²) in [6.07, 6.45) is 11.8. The van der Waals surface area contributed by atoms with E-state index in [1.165, 1.54) is 38.5 Å². The van der Waals surface area contributed by atoms with Crippen LogP contribution in [0.2, 0.25) is 0 Å². The molecule has 0 bridgehead atoms. The highest BCUT2D eigenvalue weighted by molar-refractivity contribution is 5.25. The van der Waals surface area contributed by atoms with Crippen LogP contribution in [0.4, 0.5) is 0 Å². The normalized spacial score (nSPS) is 46.9. The zero-order valence-corrected chi connectivity index (χ0v) is 19.8. The van der Waals surface area contributed by atoms with E-state index in [1.807, 2.05) is 0 Å². The largest absolute Gasteiger partial charge is 0.394 e. The minimum atomic E-state index is -0.356. The summed E-state index contributed by atoms with van der Waals surface area (Å²) in [6.45, 7) is 12.2. The van der Waals surface area contributed by atoms with Gasteiger partial charge in [0.15, 0.2) is 5.79 Å². The molecule has 2 N–H and O–H groups in total. The monoisotopic (exact) mass is 420 g/mol. The average Bonchev–Trinajstić information content (AvgIpc) is 3.25. The molecule has 0 aromatic rings. The van der Waals surface area contributed by atoms with Crippen LogP contribution >= 0.6 is 0 Å². The summed E-state index contributed by atoms with van der Waals surface area (Å²) in [5.74, 6) is 2.61. The summed E-state index contributed by atoms with van der Waals surface area (Å²) in [6, 6.07) is 0. The smallest absolute Gasteiger partial charge is 0.169 e. The van der Waals surface area contributed by atoms with Crippen LogP contribution in [0.1, 0.15) is 86.0 Å². The Balaban J connectivity index is 0.000000503. The van der Waals surface area contributed by atoms with Crippen molar-refractivity contribution in [1.82, 2.24) is 0 Å². The number of hydrogen-bond donors (Lipinski definition) is 2. The number of ether oxygens (including phenoxy) is 2. The molecule has 4 nitrogen and oxygen atoms in total. The van der Waals surface area contributed by atoms with Crippen molar-refractivity contribution in [2.45, 2.75) is 104 Å². The standard InChI is InChI=1S/C23H36O3.C3H8O/c1-21-10-8-16(24)14-15(21)4-5-17-18-6-7-20(23(3)25-12-13-26-23)22(18,2)11-9-19(17)21;1-3(2)4/h4,16-20,24H,5-14H2,1-3H3;3-4H,1-2H3. The first-order valence-electron chi connectivity index (χ1n) is 12.4. The van der Waals surface area contributed by atoms with E-state index >= 15 is 0 Å². The van der Waals surface area contributed by atoms with Crippen molar-refractivity contribution in [2.75, 3.05) is 13.2 Å².